The smallest absolute Gasteiger partial charge is 0.408 e. The van der Waals surface area contributed by atoms with Crippen LogP contribution in [-0.2, 0) is 11.8 Å². The molecule has 0 amide bonds. The van der Waals surface area contributed by atoms with Crippen LogP contribution in [-0.4, -0.2) is 24.0 Å². The molecule has 0 spiro atoms. The Hall–Kier alpha value is -1.80. The number of fused-ring (bicyclic) bond motifs is 1. The second-order valence-corrected chi connectivity index (χ2v) is 4.39. The number of aryl methyl sites for hydroxylation is 1. The summed E-state index contributed by atoms with van der Waals surface area (Å²) < 4.78 is 46.6. The highest BCUT2D eigenvalue weighted by Crippen LogP contribution is 2.20. The predicted octanol–water partition coefficient (Wildman–Crippen LogP) is 1.71. The lowest BCUT2D eigenvalue weighted by molar-refractivity contribution is -0.174. The van der Waals surface area contributed by atoms with E-state index in [1.54, 1.807) is 19.2 Å². The Morgan fingerprint density at radius 1 is 1.45 bits per heavy atom. The van der Waals surface area contributed by atoms with E-state index >= 15 is 0 Å². The Labute approximate surface area is 111 Å². The quantitative estimate of drug-likeness (QED) is 0.930. The van der Waals surface area contributed by atoms with Crippen molar-refractivity contribution in [1.29, 1.82) is 0 Å². The Kier molecular flexibility index (Phi) is 3.87. The molecule has 2 N–H and O–H groups in total. The van der Waals surface area contributed by atoms with Gasteiger partial charge in [0.1, 0.15) is 6.61 Å². The van der Waals surface area contributed by atoms with Crippen LogP contribution < -0.4 is 11.5 Å². The van der Waals surface area contributed by atoms with E-state index in [0.717, 1.165) is 0 Å². The zero-order chi connectivity index (χ0) is 14.9. The molecule has 1 heterocycles. The average Bonchev–Trinajstić information content (AvgIpc) is 2.63. The monoisotopic (exact) mass is 290 g/mol. The molecular weight excluding hydrogens is 277 g/mol. The second-order valence-electron chi connectivity index (χ2n) is 4.39. The van der Waals surface area contributed by atoms with Gasteiger partial charge in [0.2, 0.25) is 0 Å². The van der Waals surface area contributed by atoms with E-state index in [1.807, 2.05) is 0 Å². The van der Waals surface area contributed by atoms with E-state index in [1.165, 1.54) is 10.6 Å². The largest absolute Gasteiger partial charge is 0.419 e. The molecule has 0 aliphatic heterocycles. The first kappa shape index (κ1) is 14.6. The molecule has 0 radical (unpaired) electrons. The molecule has 110 valence electrons. The Balaban J connectivity index is 2.10. The number of hydrogen-bond donors (Lipinski definition) is 1. The molecule has 1 aromatic heterocycles. The highest BCUT2D eigenvalue weighted by molar-refractivity contribution is 5.73. The third-order valence-electron chi connectivity index (χ3n) is 2.81. The fourth-order valence-corrected chi connectivity index (χ4v) is 1.78. The first-order chi connectivity index (χ1) is 9.28. The van der Waals surface area contributed by atoms with Gasteiger partial charge in [0.25, 0.3) is 0 Å². The van der Waals surface area contributed by atoms with Crippen molar-refractivity contribution in [2.24, 2.45) is 12.8 Å². The van der Waals surface area contributed by atoms with Gasteiger partial charge in [-0.3, -0.25) is 4.57 Å². The van der Waals surface area contributed by atoms with Crippen molar-refractivity contribution in [3.8, 4) is 0 Å². The summed E-state index contributed by atoms with van der Waals surface area (Å²) in [5.41, 5.74) is 7.20. The lowest BCUT2D eigenvalue weighted by Gasteiger charge is -2.13. The summed E-state index contributed by atoms with van der Waals surface area (Å²) in [6, 6.07) is 4.04. The van der Waals surface area contributed by atoms with Crippen LogP contribution in [0.5, 0.6) is 0 Å². The number of ether oxygens (including phenoxy) is 1. The molecule has 0 saturated heterocycles. The fraction of sp³-hybridized carbons (Fsp3) is 0.417. The van der Waals surface area contributed by atoms with Gasteiger partial charge in [-0.25, -0.2) is 4.79 Å². The second kappa shape index (κ2) is 5.29. The molecule has 20 heavy (non-hydrogen) atoms. The Morgan fingerprint density at radius 2 is 2.15 bits per heavy atom. The Bertz CT molecular complexity index is 660. The summed E-state index contributed by atoms with van der Waals surface area (Å²) in [5, 5.41) is 0. The van der Waals surface area contributed by atoms with Crippen LogP contribution in [0.1, 0.15) is 11.6 Å². The van der Waals surface area contributed by atoms with Crippen molar-refractivity contribution in [2.45, 2.75) is 12.2 Å². The minimum Gasteiger partial charge on any atom is -0.408 e. The highest BCUT2D eigenvalue weighted by Gasteiger charge is 2.27. The minimum absolute atomic E-state index is 0.276. The first-order valence-corrected chi connectivity index (χ1v) is 5.77. The summed E-state index contributed by atoms with van der Waals surface area (Å²) in [4.78, 5) is 11.3. The highest BCUT2D eigenvalue weighted by atomic mass is 19.4. The van der Waals surface area contributed by atoms with Crippen LogP contribution in [0.4, 0.5) is 13.2 Å². The van der Waals surface area contributed by atoms with E-state index in [9.17, 15) is 18.0 Å². The number of halogens is 3. The summed E-state index contributed by atoms with van der Waals surface area (Å²) in [6.07, 6.45) is -4.38. The van der Waals surface area contributed by atoms with E-state index in [0.29, 0.717) is 16.7 Å². The molecule has 1 aromatic carbocycles. The van der Waals surface area contributed by atoms with Crippen LogP contribution in [0.25, 0.3) is 11.1 Å². The third-order valence-corrected chi connectivity index (χ3v) is 2.81. The average molecular weight is 290 g/mol. The maximum absolute atomic E-state index is 11.9. The van der Waals surface area contributed by atoms with Crippen LogP contribution in [0.15, 0.2) is 27.4 Å². The van der Waals surface area contributed by atoms with Crippen LogP contribution in [0.2, 0.25) is 0 Å². The SMILES string of the molecule is Cn1c(=O)oc2cc(C(N)COCC(F)(F)F)ccc21. The number of nitrogens with zero attached hydrogens (tertiary/aromatic N) is 1. The minimum atomic E-state index is -4.38. The number of benzene rings is 1. The first-order valence-electron chi connectivity index (χ1n) is 5.77. The summed E-state index contributed by atoms with van der Waals surface area (Å²) in [5.74, 6) is -0.515. The van der Waals surface area contributed by atoms with E-state index in [4.69, 9.17) is 10.2 Å². The van der Waals surface area contributed by atoms with Crippen molar-refractivity contribution < 1.29 is 22.3 Å². The van der Waals surface area contributed by atoms with Gasteiger partial charge in [-0.2, -0.15) is 13.2 Å². The molecule has 1 unspecified atom stereocenters. The predicted molar refractivity (Wildman–Crippen MR) is 65.3 cm³/mol. The van der Waals surface area contributed by atoms with E-state index < -0.39 is 24.6 Å². The van der Waals surface area contributed by atoms with Gasteiger partial charge >= 0.3 is 11.9 Å². The Morgan fingerprint density at radius 3 is 2.80 bits per heavy atom. The number of nitrogens with two attached hydrogens (primary N) is 1. The summed E-state index contributed by atoms with van der Waals surface area (Å²) >= 11 is 0. The number of oxazole rings is 1. The normalized spacial score (nSPS) is 13.8. The number of alkyl halides is 3. The van der Waals surface area contributed by atoms with Gasteiger partial charge in [-0.1, -0.05) is 6.07 Å². The summed E-state index contributed by atoms with van der Waals surface area (Å²) in [6.45, 7) is -1.62. The molecule has 0 aliphatic rings. The van der Waals surface area contributed by atoms with Gasteiger partial charge in [-0.15, -0.1) is 0 Å². The molecule has 0 fully saturated rings. The zero-order valence-corrected chi connectivity index (χ0v) is 10.6. The molecule has 0 aliphatic carbocycles. The molecule has 2 rings (SSSR count). The molecule has 1 atom stereocenters. The van der Waals surface area contributed by atoms with Gasteiger partial charge < -0.3 is 14.9 Å². The number of aromatic nitrogens is 1. The zero-order valence-electron chi connectivity index (χ0n) is 10.6. The molecule has 2 aromatic rings. The van der Waals surface area contributed by atoms with Gasteiger partial charge in [0, 0.05) is 7.05 Å². The van der Waals surface area contributed by atoms with Crippen LogP contribution in [0, 0.1) is 0 Å². The fourth-order valence-electron chi connectivity index (χ4n) is 1.78. The molecule has 0 bridgehead atoms. The van der Waals surface area contributed by atoms with Gasteiger partial charge in [-0.05, 0) is 17.7 Å². The van der Waals surface area contributed by atoms with Crippen molar-refractivity contribution in [2.75, 3.05) is 13.2 Å². The number of hydrogen-bond acceptors (Lipinski definition) is 4. The van der Waals surface area contributed by atoms with Gasteiger partial charge in [0.15, 0.2) is 5.58 Å². The lowest BCUT2D eigenvalue weighted by Crippen LogP contribution is -2.23. The maximum atomic E-state index is 11.9. The van der Waals surface area contributed by atoms with Gasteiger partial charge in [0.05, 0.1) is 18.2 Å². The molecule has 0 saturated carbocycles. The maximum Gasteiger partial charge on any atom is 0.419 e. The van der Waals surface area contributed by atoms with Crippen molar-refractivity contribution in [3.05, 3.63) is 34.3 Å². The molecule has 8 heteroatoms. The van der Waals surface area contributed by atoms with Crippen molar-refractivity contribution in [3.63, 3.8) is 0 Å². The van der Waals surface area contributed by atoms with Crippen LogP contribution >= 0.6 is 0 Å². The summed E-state index contributed by atoms with van der Waals surface area (Å²) in [7, 11) is 1.56. The van der Waals surface area contributed by atoms with Crippen molar-refractivity contribution >= 4 is 11.1 Å². The van der Waals surface area contributed by atoms with E-state index in [-0.39, 0.29) is 6.61 Å². The van der Waals surface area contributed by atoms with Crippen LogP contribution in [0.3, 0.4) is 0 Å². The van der Waals surface area contributed by atoms with E-state index in [2.05, 4.69) is 4.74 Å². The number of rotatable bonds is 4. The van der Waals surface area contributed by atoms with Crippen molar-refractivity contribution in [1.82, 2.24) is 4.57 Å². The third kappa shape index (κ3) is 3.20. The topological polar surface area (TPSA) is 70.4 Å². The molecule has 5 nitrogen and oxygen atoms in total. The lowest BCUT2D eigenvalue weighted by atomic mass is 10.1. The standard InChI is InChI=1S/C12H13F3N2O3/c1-17-9-3-2-7(4-10(9)20-11(17)18)8(16)5-19-6-12(13,14)15/h2-4,8H,5-6,16H2,1H3. The molecular formula is C12H13F3N2O3.